The zero-order valence-electron chi connectivity index (χ0n) is 17.9. The van der Waals surface area contributed by atoms with E-state index in [1.54, 1.807) is 6.07 Å². The van der Waals surface area contributed by atoms with Crippen molar-refractivity contribution in [2.45, 2.75) is 51.2 Å². The van der Waals surface area contributed by atoms with Crippen LogP contribution in [0.2, 0.25) is 0 Å². The molecule has 31 heavy (non-hydrogen) atoms. The van der Waals surface area contributed by atoms with Crippen LogP contribution < -0.4 is 5.43 Å². The van der Waals surface area contributed by atoms with Crippen LogP contribution in [-0.2, 0) is 20.9 Å². The molecule has 0 radical (unpaired) electrons. The predicted octanol–water partition coefficient (Wildman–Crippen LogP) is 2.31. The van der Waals surface area contributed by atoms with E-state index in [1.807, 2.05) is 17.0 Å². The SMILES string of the molecule is O=C1CCC(C(=O)N(CC2CCN(Cc3ccccc3F)CC2)C[C@@H]2CCCO2)=NN1. The van der Waals surface area contributed by atoms with Crippen LogP contribution in [0.1, 0.15) is 44.1 Å². The van der Waals surface area contributed by atoms with Gasteiger partial charge in [0.25, 0.3) is 5.91 Å². The van der Waals surface area contributed by atoms with Crippen molar-refractivity contribution in [1.29, 1.82) is 0 Å². The molecule has 2 saturated heterocycles. The molecule has 4 rings (SSSR count). The lowest BCUT2D eigenvalue weighted by molar-refractivity contribution is -0.127. The van der Waals surface area contributed by atoms with Crippen LogP contribution in [0, 0.1) is 11.7 Å². The monoisotopic (exact) mass is 430 g/mol. The first-order valence-electron chi connectivity index (χ1n) is 11.3. The van der Waals surface area contributed by atoms with Gasteiger partial charge in [-0.15, -0.1) is 0 Å². The smallest absolute Gasteiger partial charge is 0.270 e. The van der Waals surface area contributed by atoms with Crippen LogP contribution in [0.5, 0.6) is 0 Å². The first kappa shape index (κ1) is 21.9. The lowest BCUT2D eigenvalue weighted by atomic mass is 9.95. The van der Waals surface area contributed by atoms with E-state index < -0.39 is 0 Å². The second kappa shape index (κ2) is 10.3. The molecule has 0 aliphatic carbocycles. The topological polar surface area (TPSA) is 74.2 Å². The number of ether oxygens (including phenoxy) is 1. The quantitative estimate of drug-likeness (QED) is 0.721. The number of amides is 2. The molecule has 0 bridgehead atoms. The number of halogens is 1. The number of nitrogens with one attached hydrogen (secondary N) is 1. The normalized spacial score (nSPS) is 22.8. The van der Waals surface area contributed by atoms with Crippen LogP contribution in [0.15, 0.2) is 29.4 Å². The van der Waals surface area contributed by atoms with Crippen molar-refractivity contribution >= 4 is 17.5 Å². The fourth-order valence-electron chi connectivity index (χ4n) is 4.59. The Hall–Kier alpha value is -2.32. The molecule has 2 fully saturated rings. The fraction of sp³-hybridized carbons (Fsp3) is 0.609. The van der Waals surface area contributed by atoms with Gasteiger partial charge in [-0.1, -0.05) is 18.2 Å². The van der Waals surface area contributed by atoms with Gasteiger partial charge in [0, 0.05) is 44.6 Å². The lowest BCUT2D eigenvalue weighted by Crippen LogP contribution is -2.47. The van der Waals surface area contributed by atoms with Crippen molar-refractivity contribution in [3.63, 3.8) is 0 Å². The van der Waals surface area contributed by atoms with Crippen molar-refractivity contribution in [1.82, 2.24) is 15.2 Å². The third kappa shape index (κ3) is 5.89. The van der Waals surface area contributed by atoms with Crippen molar-refractivity contribution < 1.29 is 18.7 Å². The summed E-state index contributed by atoms with van der Waals surface area (Å²) in [6.07, 6.45) is 4.68. The summed E-state index contributed by atoms with van der Waals surface area (Å²) in [6.45, 7) is 4.38. The van der Waals surface area contributed by atoms with Gasteiger partial charge in [-0.2, -0.15) is 5.10 Å². The van der Waals surface area contributed by atoms with Gasteiger partial charge in [-0.05, 0) is 50.8 Å². The first-order valence-corrected chi connectivity index (χ1v) is 11.3. The Kier molecular flexibility index (Phi) is 7.29. The van der Waals surface area contributed by atoms with E-state index in [1.165, 1.54) is 6.07 Å². The Morgan fingerprint density at radius 3 is 2.68 bits per heavy atom. The summed E-state index contributed by atoms with van der Waals surface area (Å²) in [5.74, 6) is -0.00644. The number of nitrogens with zero attached hydrogens (tertiary/aromatic N) is 3. The summed E-state index contributed by atoms with van der Waals surface area (Å²) in [7, 11) is 0. The summed E-state index contributed by atoms with van der Waals surface area (Å²) >= 11 is 0. The molecule has 1 aromatic rings. The molecule has 3 aliphatic heterocycles. The van der Waals surface area contributed by atoms with Crippen LogP contribution in [0.25, 0.3) is 0 Å². The van der Waals surface area contributed by atoms with Crippen LogP contribution >= 0.6 is 0 Å². The Bertz CT molecular complexity index is 817. The minimum absolute atomic E-state index is 0.0730. The summed E-state index contributed by atoms with van der Waals surface area (Å²) < 4.78 is 19.7. The number of piperidine rings is 1. The van der Waals surface area contributed by atoms with E-state index in [0.717, 1.165) is 50.9 Å². The van der Waals surface area contributed by atoms with E-state index in [9.17, 15) is 14.0 Å². The van der Waals surface area contributed by atoms with Crippen molar-refractivity contribution in [3.05, 3.63) is 35.6 Å². The molecule has 7 nitrogen and oxygen atoms in total. The Balaban J connectivity index is 1.34. The van der Waals surface area contributed by atoms with Gasteiger partial charge in [0.05, 0.1) is 6.10 Å². The lowest BCUT2D eigenvalue weighted by Gasteiger charge is -2.36. The third-order valence-corrected chi connectivity index (χ3v) is 6.42. The molecule has 0 aromatic heterocycles. The molecule has 8 heteroatoms. The highest BCUT2D eigenvalue weighted by atomic mass is 19.1. The standard InChI is InChI=1S/C23H31FN4O3/c24-20-6-2-1-4-18(20)15-27-11-9-17(10-12-27)14-28(16-19-5-3-13-31-19)23(30)21-7-8-22(29)26-25-21/h1-2,4,6,17,19H,3,5,7-16H2,(H,26,29)/t19-/m0/s1. The number of rotatable bonds is 7. The second-order valence-corrected chi connectivity index (χ2v) is 8.75. The zero-order chi connectivity index (χ0) is 21.6. The van der Waals surface area contributed by atoms with E-state index in [2.05, 4.69) is 15.4 Å². The van der Waals surface area contributed by atoms with Crippen LogP contribution in [0.3, 0.4) is 0 Å². The third-order valence-electron chi connectivity index (χ3n) is 6.42. The Morgan fingerprint density at radius 2 is 2.00 bits per heavy atom. The molecule has 1 atom stereocenters. The zero-order valence-corrected chi connectivity index (χ0v) is 17.9. The van der Waals surface area contributed by atoms with Gasteiger partial charge in [-0.25, -0.2) is 9.82 Å². The number of carbonyl (C=O) groups excluding carboxylic acids is 2. The van der Waals surface area contributed by atoms with E-state index >= 15 is 0 Å². The van der Waals surface area contributed by atoms with Crippen molar-refractivity contribution in [2.24, 2.45) is 11.0 Å². The van der Waals surface area contributed by atoms with Crippen LogP contribution in [0.4, 0.5) is 4.39 Å². The molecule has 168 valence electrons. The Morgan fingerprint density at radius 1 is 1.19 bits per heavy atom. The fourth-order valence-corrected chi connectivity index (χ4v) is 4.59. The van der Waals surface area contributed by atoms with E-state index in [-0.39, 0.29) is 23.7 Å². The highest BCUT2D eigenvalue weighted by molar-refractivity contribution is 6.39. The Labute approximate surface area is 182 Å². The number of hydrazone groups is 1. The predicted molar refractivity (Wildman–Crippen MR) is 115 cm³/mol. The number of hydrogen-bond acceptors (Lipinski definition) is 5. The molecule has 2 amide bonds. The van der Waals surface area contributed by atoms with Gasteiger partial charge >= 0.3 is 0 Å². The average Bonchev–Trinajstić information content (AvgIpc) is 3.29. The summed E-state index contributed by atoms with van der Waals surface area (Å²) in [5.41, 5.74) is 3.59. The molecule has 3 heterocycles. The molecule has 3 aliphatic rings. The van der Waals surface area contributed by atoms with Gasteiger partial charge in [0.2, 0.25) is 5.91 Å². The number of benzene rings is 1. The van der Waals surface area contributed by atoms with Crippen molar-refractivity contribution in [2.75, 3.05) is 32.8 Å². The number of carbonyl (C=O) groups is 2. The molecular formula is C23H31FN4O3. The molecule has 1 N–H and O–H groups in total. The molecule has 1 aromatic carbocycles. The molecule has 0 spiro atoms. The van der Waals surface area contributed by atoms with E-state index in [0.29, 0.717) is 44.1 Å². The second-order valence-electron chi connectivity index (χ2n) is 8.75. The summed E-state index contributed by atoms with van der Waals surface area (Å²) in [5, 5.41) is 4.01. The minimum atomic E-state index is -0.154. The number of likely N-dealkylation sites (tertiary alicyclic amines) is 1. The minimum Gasteiger partial charge on any atom is -0.376 e. The highest BCUT2D eigenvalue weighted by Gasteiger charge is 2.30. The van der Waals surface area contributed by atoms with Gasteiger partial charge in [-0.3, -0.25) is 14.5 Å². The van der Waals surface area contributed by atoms with Crippen molar-refractivity contribution in [3.8, 4) is 0 Å². The maximum absolute atomic E-state index is 14.0. The molecule has 0 unspecified atom stereocenters. The maximum atomic E-state index is 14.0. The largest absolute Gasteiger partial charge is 0.376 e. The first-order chi connectivity index (χ1) is 15.1. The highest BCUT2D eigenvalue weighted by Crippen LogP contribution is 2.23. The summed E-state index contributed by atoms with van der Waals surface area (Å²) in [4.78, 5) is 28.7. The van der Waals surface area contributed by atoms with Gasteiger partial charge in [0.15, 0.2) is 0 Å². The molecular weight excluding hydrogens is 399 g/mol. The van der Waals surface area contributed by atoms with Gasteiger partial charge in [0.1, 0.15) is 11.5 Å². The maximum Gasteiger partial charge on any atom is 0.270 e. The van der Waals surface area contributed by atoms with Crippen LogP contribution in [-0.4, -0.2) is 66.2 Å². The van der Waals surface area contributed by atoms with Gasteiger partial charge < -0.3 is 9.64 Å². The number of hydrogen-bond donors (Lipinski definition) is 1. The molecule has 0 saturated carbocycles. The summed E-state index contributed by atoms with van der Waals surface area (Å²) in [6, 6.07) is 6.93. The van der Waals surface area contributed by atoms with E-state index in [4.69, 9.17) is 4.74 Å². The average molecular weight is 431 g/mol.